The van der Waals surface area contributed by atoms with Crippen LogP contribution < -0.4 is 5.32 Å². The van der Waals surface area contributed by atoms with Crippen molar-refractivity contribution in [1.82, 2.24) is 5.32 Å². The number of aliphatic hydroxyl groups is 1. The summed E-state index contributed by atoms with van der Waals surface area (Å²) in [7, 11) is 0. The van der Waals surface area contributed by atoms with Crippen molar-refractivity contribution >= 4 is 0 Å². The molecule has 0 aromatic heterocycles. The van der Waals surface area contributed by atoms with Crippen molar-refractivity contribution < 1.29 is 9.84 Å². The molecule has 0 bridgehead atoms. The Kier molecular flexibility index (Phi) is 6.98. The van der Waals surface area contributed by atoms with Crippen molar-refractivity contribution in [2.24, 2.45) is 0 Å². The van der Waals surface area contributed by atoms with Gasteiger partial charge < -0.3 is 15.2 Å². The molecule has 0 aromatic rings. The molecular weight excluding hydrogens is 190 g/mol. The van der Waals surface area contributed by atoms with Gasteiger partial charge in [-0.05, 0) is 25.8 Å². The zero-order chi connectivity index (χ0) is 10.9. The highest BCUT2D eigenvalue weighted by molar-refractivity contribution is 4.73. The molecule has 2 atom stereocenters. The van der Waals surface area contributed by atoms with Crippen molar-refractivity contribution in [1.29, 1.82) is 0 Å². The van der Waals surface area contributed by atoms with E-state index in [9.17, 15) is 5.11 Å². The monoisotopic (exact) mass is 215 g/mol. The van der Waals surface area contributed by atoms with Crippen molar-refractivity contribution in [3.05, 3.63) is 0 Å². The molecule has 0 aromatic carbocycles. The van der Waals surface area contributed by atoms with Gasteiger partial charge in [-0.15, -0.1) is 0 Å². The molecule has 0 spiro atoms. The van der Waals surface area contributed by atoms with Gasteiger partial charge in [-0.3, -0.25) is 0 Å². The van der Waals surface area contributed by atoms with Crippen LogP contribution in [-0.4, -0.2) is 37.0 Å². The minimum atomic E-state index is -0.237. The Balaban J connectivity index is 2.07. The summed E-state index contributed by atoms with van der Waals surface area (Å²) in [4.78, 5) is 0. The van der Waals surface area contributed by atoms with Gasteiger partial charge >= 0.3 is 0 Å². The fourth-order valence-electron chi connectivity index (χ4n) is 2.03. The van der Waals surface area contributed by atoms with E-state index in [4.69, 9.17) is 4.74 Å². The molecule has 90 valence electrons. The lowest BCUT2D eigenvalue weighted by molar-refractivity contribution is -0.0386. The van der Waals surface area contributed by atoms with Crippen molar-refractivity contribution in [2.45, 2.75) is 57.7 Å². The van der Waals surface area contributed by atoms with Crippen LogP contribution in [0.2, 0.25) is 0 Å². The summed E-state index contributed by atoms with van der Waals surface area (Å²) in [5.74, 6) is 0. The molecule has 0 heterocycles. The summed E-state index contributed by atoms with van der Waals surface area (Å²) in [5.41, 5.74) is 0. The average molecular weight is 215 g/mol. The first-order valence-corrected chi connectivity index (χ1v) is 6.35. The number of aliphatic hydroxyl groups excluding tert-OH is 1. The minimum absolute atomic E-state index is 0.0796. The van der Waals surface area contributed by atoms with Gasteiger partial charge in [0, 0.05) is 6.54 Å². The second kappa shape index (κ2) is 8.08. The Labute approximate surface area is 93.2 Å². The minimum Gasteiger partial charge on any atom is -0.390 e. The molecule has 15 heavy (non-hydrogen) atoms. The van der Waals surface area contributed by atoms with Crippen LogP contribution in [0, 0.1) is 0 Å². The summed E-state index contributed by atoms with van der Waals surface area (Å²) < 4.78 is 5.71. The predicted octanol–water partition coefficient (Wildman–Crippen LogP) is 1.70. The third-order valence-corrected chi connectivity index (χ3v) is 2.96. The maximum atomic E-state index is 9.81. The fraction of sp³-hybridized carbons (Fsp3) is 1.00. The lowest BCUT2D eigenvalue weighted by atomic mass is 10.1. The van der Waals surface area contributed by atoms with E-state index >= 15 is 0 Å². The molecule has 0 aliphatic heterocycles. The van der Waals surface area contributed by atoms with Crippen LogP contribution in [-0.2, 0) is 4.74 Å². The Morgan fingerprint density at radius 2 is 2.00 bits per heavy atom. The van der Waals surface area contributed by atoms with E-state index in [2.05, 4.69) is 12.2 Å². The SMILES string of the molecule is CCCNCCOC1CCCCCC1O. The normalized spacial score (nSPS) is 27.6. The number of nitrogens with one attached hydrogen (secondary N) is 1. The standard InChI is InChI=1S/C12H25NO2/c1-2-8-13-9-10-15-12-7-5-3-4-6-11(12)14/h11-14H,2-10H2,1H3. The molecule has 1 fully saturated rings. The number of hydrogen-bond donors (Lipinski definition) is 2. The van der Waals surface area contributed by atoms with Crippen LogP contribution in [0.1, 0.15) is 45.4 Å². The first-order valence-electron chi connectivity index (χ1n) is 6.35. The lowest BCUT2D eigenvalue weighted by Gasteiger charge is -2.20. The molecule has 3 nitrogen and oxygen atoms in total. The quantitative estimate of drug-likeness (QED) is 0.523. The Morgan fingerprint density at radius 1 is 1.20 bits per heavy atom. The van der Waals surface area contributed by atoms with Crippen molar-refractivity contribution in [3.63, 3.8) is 0 Å². The van der Waals surface area contributed by atoms with Gasteiger partial charge in [0.2, 0.25) is 0 Å². The number of ether oxygens (including phenoxy) is 1. The van der Waals surface area contributed by atoms with E-state index in [1.165, 1.54) is 12.8 Å². The summed E-state index contributed by atoms with van der Waals surface area (Å²) in [6.45, 7) is 4.83. The zero-order valence-electron chi connectivity index (χ0n) is 9.87. The van der Waals surface area contributed by atoms with Gasteiger partial charge in [0.1, 0.15) is 0 Å². The van der Waals surface area contributed by atoms with Crippen LogP contribution >= 0.6 is 0 Å². The van der Waals surface area contributed by atoms with Gasteiger partial charge in [0.25, 0.3) is 0 Å². The molecule has 1 aliphatic rings. The first-order chi connectivity index (χ1) is 7.34. The van der Waals surface area contributed by atoms with Crippen LogP contribution in [0.4, 0.5) is 0 Å². The summed E-state index contributed by atoms with van der Waals surface area (Å²) in [6, 6.07) is 0. The summed E-state index contributed by atoms with van der Waals surface area (Å²) >= 11 is 0. The molecule has 1 rings (SSSR count). The Bertz CT molecular complexity index is 153. The molecular formula is C12H25NO2. The third-order valence-electron chi connectivity index (χ3n) is 2.96. The largest absolute Gasteiger partial charge is 0.390 e. The zero-order valence-corrected chi connectivity index (χ0v) is 9.87. The predicted molar refractivity (Wildman–Crippen MR) is 62.0 cm³/mol. The highest BCUT2D eigenvalue weighted by Crippen LogP contribution is 2.20. The van der Waals surface area contributed by atoms with Gasteiger partial charge in [-0.2, -0.15) is 0 Å². The molecule has 1 saturated carbocycles. The molecule has 0 amide bonds. The van der Waals surface area contributed by atoms with E-state index in [0.29, 0.717) is 0 Å². The Hall–Kier alpha value is -0.120. The molecule has 3 heteroatoms. The van der Waals surface area contributed by atoms with E-state index in [1.54, 1.807) is 0 Å². The fourth-order valence-corrected chi connectivity index (χ4v) is 2.03. The van der Waals surface area contributed by atoms with Crippen LogP contribution in [0.3, 0.4) is 0 Å². The lowest BCUT2D eigenvalue weighted by Crippen LogP contribution is -2.31. The highest BCUT2D eigenvalue weighted by atomic mass is 16.5. The summed E-state index contributed by atoms with van der Waals surface area (Å²) in [6.07, 6.45) is 6.52. The molecule has 1 aliphatic carbocycles. The van der Waals surface area contributed by atoms with Crippen molar-refractivity contribution in [3.8, 4) is 0 Å². The topological polar surface area (TPSA) is 41.5 Å². The Morgan fingerprint density at radius 3 is 2.80 bits per heavy atom. The second-order valence-corrected chi connectivity index (χ2v) is 4.36. The van der Waals surface area contributed by atoms with E-state index < -0.39 is 0 Å². The van der Waals surface area contributed by atoms with Crippen LogP contribution in [0.25, 0.3) is 0 Å². The van der Waals surface area contributed by atoms with Gasteiger partial charge in [0.05, 0.1) is 18.8 Å². The maximum absolute atomic E-state index is 9.81. The molecule has 2 N–H and O–H groups in total. The molecule has 2 unspecified atom stereocenters. The van der Waals surface area contributed by atoms with E-state index in [1.807, 2.05) is 0 Å². The molecule has 0 radical (unpaired) electrons. The van der Waals surface area contributed by atoms with Gasteiger partial charge in [0.15, 0.2) is 0 Å². The second-order valence-electron chi connectivity index (χ2n) is 4.36. The van der Waals surface area contributed by atoms with Gasteiger partial charge in [-0.25, -0.2) is 0 Å². The van der Waals surface area contributed by atoms with Crippen molar-refractivity contribution in [2.75, 3.05) is 19.7 Å². The summed E-state index contributed by atoms with van der Waals surface area (Å²) in [5, 5.41) is 13.1. The third kappa shape index (κ3) is 5.50. The van der Waals surface area contributed by atoms with Gasteiger partial charge in [-0.1, -0.05) is 26.2 Å². The average Bonchev–Trinajstić information content (AvgIpc) is 2.44. The van der Waals surface area contributed by atoms with Crippen LogP contribution in [0.15, 0.2) is 0 Å². The highest BCUT2D eigenvalue weighted by Gasteiger charge is 2.21. The van der Waals surface area contributed by atoms with E-state index in [-0.39, 0.29) is 12.2 Å². The number of rotatable bonds is 6. The van der Waals surface area contributed by atoms with E-state index in [0.717, 1.165) is 45.4 Å². The molecule has 0 saturated heterocycles. The smallest absolute Gasteiger partial charge is 0.0834 e. The first kappa shape index (κ1) is 12.9. The number of hydrogen-bond acceptors (Lipinski definition) is 3. The maximum Gasteiger partial charge on any atom is 0.0834 e. The van der Waals surface area contributed by atoms with Crippen LogP contribution in [0.5, 0.6) is 0 Å².